The number of carbonyl (C=O) groups excluding carboxylic acids is 1. The quantitative estimate of drug-likeness (QED) is 0.593. The smallest absolute Gasteiger partial charge is 0.173 e. The van der Waals surface area contributed by atoms with Gasteiger partial charge in [0.25, 0.3) is 0 Å². The number of ketones is 1. The van der Waals surface area contributed by atoms with Crippen LogP contribution < -0.4 is 5.73 Å². The van der Waals surface area contributed by atoms with E-state index in [1.165, 1.54) is 13.1 Å². The third-order valence-corrected chi connectivity index (χ3v) is 1.83. The molecule has 1 aromatic rings. The molecular formula is C5H6N2OS. The largest absolute Gasteiger partial charge is 0.396 e. The van der Waals surface area contributed by atoms with Crippen molar-refractivity contribution in [2.24, 2.45) is 0 Å². The highest BCUT2D eigenvalue weighted by Gasteiger charge is 2.05. The Kier molecular flexibility index (Phi) is 1.48. The average molecular weight is 142 g/mol. The maximum absolute atomic E-state index is 10.6. The zero-order valence-electron chi connectivity index (χ0n) is 4.92. The summed E-state index contributed by atoms with van der Waals surface area (Å²) >= 11 is 1.13. The topological polar surface area (TPSA) is 56.0 Å². The first-order valence-electron chi connectivity index (χ1n) is 2.43. The molecular weight excluding hydrogens is 136 g/mol. The Balaban J connectivity index is 3.08. The normalized spacial score (nSPS) is 9.44. The highest BCUT2D eigenvalue weighted by Crippen LogP contribution is 2.14. The second-order valence-electron chi connectivity index (χ2n) is 1.67. The van der Waals surface area contributed by atoms with Crippen molar-refractivity contribution >= 4 is 23.0 Å². The number of rotatable bonds is 1. The van der Waals surface area contributed by atoms with Crippen molar-refractivity contribution in [3.8, 4) is 0 Å². The van der Waals surface area contributed by atoms with Crippen LogP contribution in [-0.4, -0.2) is 10.2 Å². The van der Waals surface area contributed by atoms with Gasteiger partial charge in [0.1, 0.15) is 4.88 Å². The fourth-order valence-corrected chi connectivity index (χ4v) is 1.07. The Hall–Kier alpha value is -0.900. The minimum atomic E-state index is -0.0185. The van der Waals surface area contributed by atoms with Gasteiger partial charge in [0.05, 0.1) is 11.9 Å². The number of nitrogen functional groups attached to an aromatic ring is 1. The lowest BCUT2D eigenvalue weighted by Crippen LogP contribution is -1.92. The van der Waals surface area contributed by atoms with Crippen molar-refractivity contribution in [1.29, 1.82) is 0 Å². The van der Waals surface area contributed by atoms with Gasteiger partial charge in [-0.25, -0.2) is 0 Å². The lowest BCUT2D eigenvalue weighted by Gasteiger charge is -1.85. The Labute approximate surface area is 56.7 Å². The fraction of sp³-hybridized carbons (Fsp3) is 0.200. The molecule has 0 fully saturated rings. The first-order valence-corrected chi connectivity index (χ1v) is 3.20. The molecule has 0 unspecified atom stereocenters. The molecule has 0 aliphatic rings. The highest BCUT2D eigenvalue weighted by molar-refractivity contribution is 7.08. The van der Waals surface area contributed by atoms with Gasteiger partial charge in [-0.05, 0) is 11.5 Å². The Morgan fingerprint density at radius 1 is 1.89 bits per heavy atom. The molecule has 0 saturated carbocycles. The van der Waals surface area contributed by atoms with Gasteiger partial charge in [-0.1, -0.05) is 0 Å². The van der Waals surface area contributed by atoms with E-state index >= 15 is 0 Å². The SMILES string of the molecule is CC(=O)c1sncc1N. The summed E-state index contributed by atoms with van der Waals surface area (Å²) in [7, 11) is 0. The standard InChI is InChI=1S/C5H6N2OS/c1-3(8)5-4(6)2-7-9-5/h2H,6H2,1H3. The second-order valence-corrected chi connectivity index (χ2v) is 2.47. The lowest BCUT2D eigenvalue weighted by molar-refractivity contribution is 0.102. The van der Waals surface area contributed by atoms with Crippen molar-refractivity contribution < 1.29 is 4.79 Å². The summed E-state index contributed by atoms with van der Waals surface area (Å²) < 4.78 is 3.74. The molecule has 0 bridgehead atoms. The third-order valence-electron chi connectivity index (χ3n) is 0.918. The number of hydrogen-bond donors (Lipinski definition) is 1. The van der Waals surface area contributed by atoms with Gasteiger partial charge in [-0.3, -0.25) is 4.79 Å². The van der Waals surface area contributed by atoms with Gasteiger partial charge in [0.15, 0.2) is 5.78 Å². The fourth-order valence-electron chi connectivity index (χ4n) is 0.515. The van der Waals surface area contributed by atoms with E-state index in [-0.39, 0.29) is 5.78 Å². The van der Waals surface area contributed by atoms with Gasteiger partial charge >= 0.3 is 0 Å². The maximum Gasteiger partial charge on any atom is 0.173 e. The van der Waals surface area contributed by atoms with E-state index < -0.39 is 0 Å². The molecule has 2 N–H and O–H groups in total. The van der Waals surface area contributed by atoms with Crippen LogP contribution in [0, 0.1) is 0 Å². The molecule has 1 heterocycles. The zero-order chi connectivity index (χ0) is 6.85. The van der Waals surface area contributed by atoms with Crippen LogP contribution in [0.1, 0.15) is 16.6 Å². The summed E-state index contributed by atoms with van der Waals surface area (Å²) in [6, 6.07) is 0. The number of carbonyl (C=O) groups is 1. The maximum atomic E-state index is 10.6. The van der Waals surface area contributed by atoms with Crippen LogP contribution in [0.25, 0.3) is 0 Å². The van der Waals surface area contributed by atoms with Crippen molar-refractivity contribution in [2.75, 3.05) is 5.73 Å². The predicted octanol–water partition coefficient (Wildman–Crippen LogP) is 0.928. The van der Waals surface area contributed by atoms with E-state index in [1.807, 2.05) is 0 Å². The molecule has 0 aliphatic heterocycles. The third kappa shape index (κ3) is 1.08. The molecule has 4 heteroatoms. The molecule has 0 aromatic carbocycles. The lowest BCUT2D eigenvalue weighted by atomic mass is 10.3. The Bertz CT molecular complexity index is 231. The van der Waals surface area contributed by atoms with Gasteiger partial charge in [0.2, 0.25) is 0 Å². The number of hydrogen-bond acceptors (Lipinski definition) is 4. The number of nitrogens with two attached hydrogens (primary N) is 1. The predicted molar refractivity (Wildman–Crippen MR) is 36.5 cm³/mol. The van der Waals surface area contributed by atoms with E-state index in [9.17, 15) is 4.79 Å². The molecule has 0 aliphatic carbocycles. The van der Waals surface area contributed by atoms with Gasteiger partial charge in [-0.2, -0.15) is 4.37 Å². The van der Waals surface area contributed by atoms with Crippen LogP contribution in [0.2, 0.25) is 0 Å². The number of nitrogens with zero attached hydrogens (tertiary/aromatic N) is 1. The summed E-state index contributed by atoms with van der Waals surface area (Å²) in [4.78, 5) is 11.2. The molecule has 0 saturated heterocycles. The molecule has 9 heavy (non-hydrogen) atoms. The van der Waals surface area contributed by atoms with Crippen LogP contribution in [0.3, 0.4) is 0 Å². The summed E-state index contributed by atoms with van der Waals surface area (Å²) in [6.45, 7) is 1.48. The van der Waals surface area contributed by atoms with Crippen LogP contribution in [0.4, 0.5) is 5.69 Å². The van der Waals surface area contributed by atoms with E-state index in [1.54, 1.807) is 0 Å². The second kappa shape index (κ2) is 2.14. The van der Waals surface area contributed by atoms with Crippen LogP contribution in [0.15, 0.2) is 6.20 Å². The van der Waals surface area contributed by atoms with Gasteiger partial charge < -0.3 is 5.73 Å². The molecule has 1 rings (SSSR count). The molecule has 0 radical (unpaired) electrons. The van der Waals surface area contributed by atoms with E-state index in [2.05, 4.69) is 4.37 Å². The van der Waals surface area contributed by atoms with Gasteiger partial charge in [0, 0.05) is 6.92 Å². The van der Waals surface area contributed by atoms with Crippen molar-refractivity contribution in [1.82, 2.24) is 4.37 Å². The minimum Gasteiger partial charge on any atom is -0.396 e. The highest BCUT2D eigenvalue weighted by atomic mass is 32.1. The van der Waals surface area contributed by atoms with E-state index in [0.717, 1.165) is 11.5 Å². The molecule has 0 atom stereocenters. The van der Waals surface area contributed by atoms with E-state index in [4.69, 9.17) is 5.73 Å². The first kappa shape index (κ1) is 6.22. The first-order chi connectivity index (χ1) is 4.22. The van der Waals surface area contributed by atoms with Gasteiger partial charge in [-0.15, -0.1) is 0 Å². The Morgan fingerprint density at radius 2 is 2.56 bits per heavy atom. The Morgan fingerprint density at radius 3 is 2.78 bits per heavy atom. The number of aromatic nitrogens is 1. The zero-order valence-corrected chi connectivity index (χ0v) is 5.73. The molecule has 0 spiro atoms. The summed E-state index contributed by atoms with van der Waals surface area (Å²) in [5.74, 6) is -0.0185. The van der Waals surface area contributed by atoms with Crippen LogP contribution in [0.5, 0.6) is 0 Å². The van der Waals surface area contributed by atoms with Crippen molar-refractivity contribution in [3.05, 3.63) is 11.1 Å². The molecule has 1 aromatic heterocycles. The van der Waals surface area contributed by atoms with E-state index in [0.29, 0.717) is 10.6 Å². The molecule has 0 amide bonds. The monoisotopic (exact) mass is 142 g/mol. The van der Waals surface area contributed by atoms with Crippen molar-refractivity contribution in [2.45, 2.75) is 6.92 Å². The molecule has 48 valence electrons. The minimum absolute atomic E-state index is 0.0185. The molecule has 3 nitrogen and oxygen atoms in total. The summed E-state index contributed by atoms with van der Waals surface area (Å²) in [5, 5.41) is 0. The number of anilines is 1. The van der Waals surface area contributed by atoms with Crippen LogP contribution >= 0.6 is 11.5 Å². The van der Waals surface area contributed by atoms with Crippen LogP contribution in [-0.2, 0) is 0 Å². The summed E-state index contributed by atoms with van der Waals surface area (Å²) in [5.41, 5.74) is 5.85. The van der Waals surface area contributed by atoms with Crippen molar-refractivity contribution in [3.63, 3.8) is 0 Å². The number of Topliss-reactive ketones (excluding diaryl/α,β-unsaturated/α-hetero) is 1. The summed E-state index contributed by atoms with van der Waals surface area (Å²) in [6.07, 6.45) is 1.49. The average Bonchev–Trinajstić information content (AvgIpc) is 2.13.